The Bertz CT molecular complexity index is 1590. The van der Waals surface area contributed by atoms with E-state index in [4.69, 9.17) is 41.8 Å². The van der Waals surface area contributed by atoms with Crippen molar-refractivity contribution in [1.29, 1.82) is 0 Å². The van der Waals surface area contributed by atoms with Crippen molar-refractivity contribution >= 4 is 57.0 Å². The highest BCUT2D eigenvalue weighted by Crippen LogP contribution is 2.35. The number of fused-ring (bicyclic) bond motifs is 1. The summed E-state index contributed by atoms with van der Waals surface area (Å²) in [6, 6.07) is 14.9. The first kappa shape index (κ1) is 40.8. The van der Waals surface area contributed by atoms with Crippen LogP contribution in [0.4, 0.5) is 4.79 Å². The van der Waals surface area contributed by atoms with Gasteiger partial charge in [0.1, 0.15) is 12.4 Å². The van der Waals surface area contributed by atoms with Gasteiger partial charge in [-0.2, -0.15) is 0 Å². The van der Waals surface area contributed by atoms with E-state index in [1.165, 1.54) is 0 Å². The Morgan fingerprint density at radius 1 is 0.960 bits per heavy atom. The molecule has 1 fully saturated rings. The summed E-state index contributed by atoms with van der Waals surface area (Å²) in [7, 11) is -4.17. The zero-order valence-corrected chi connectivity index (χ0v) is 35.3. The average molecular weight is 765 g/mol. The molecular weight excluding hydrogens is 706 g/mol. The number of nitrogens with zero attached hydrogens (tertiary/aromatic N) is 3. The smallest absolute Gasteiger partial charge is 0.410 e. The van der Waals surface area contributed by atoms with E-state index < -0.39 is 22.7 Å². The molecular formula is C38H59Cl2N3O5Si2. The van der Waals surface area contributed by atoms with Gasteiger partial charge in [0.05, 0.1) is 52.5 Å². The van der Waals surface area contributed by atoms with Gasteiger partial charge in [-0.05, 0) is 86.1 Å². The molecule has 1 saturated heterocycles. The lowest BCUT2D eigenvalue weighted by molar-refractivity contribution is -0.0120. The van der Waals surface area contributed by atoms with Gasteiger partial charge in [-0.1, -0.05) is 95.1 Å². The number of benzene rings is 2. The Labute approximate surface area is 312 Å². The summed E-state index contributed by atoms with van der Waals surface area (Å²) in [6.45, 7) is 23.7. The summed E-state index contributed by atoms with van der Waals surface area (Å²) in [5.74, 6) is 0.709. The lowest BCUT2D eigenvalue weighted by Crippen LogP contribution is -2.56. The number of hydrogen-bond donors (Lipinski definition) is 1. The van der Waals surface area contributed by atoms with Crippen LogP contribution in [0.15, 0.2) is 42.5 Å². The fourth-order valence-electron chi connectivity index (χ4n) is 7.83. The summed E-state index contributed by atoms with van der Waals surface area (Å²) in [6.07, 6.45) is 0.507. The lowest BCUT2D eigenvalue weighted by Gasteiger charge is -2.45. The van der Waals surface area contributed by atoms with E-state index in [-0.39, 0.29) is 42.2 Å². The third kappa shape index (κ3) is 12.1. The van der Waals surface area contributed by atoms with Crippen molar-refractivity contribution < 1.29 is 23.5 Å². The van der Waals surface area contributed by atoms with Gasteiger partial charge in [-0.3, -0.25) is 0 Å². The predicted octanol–water partition coefficient (Wildman–Crippen LogP) is 10.3. The Balaban J connectivity index is 1.62. The Morgan fingerprint density at radius 3 is 2.22 bits per heavy atom. The number of piperidine rings is 1. The zero-order valence-electron chi connectivity index (χ0n) is 31.8. The van der Waals surface area contributed by atoms with Crippen LogP contribution in [0.25, 0.3) is 11.0 Å². The highest BCUT2D eigenvalue weighted by Gasteiger charge is 2.41. The zero-order chi connectivity index (χ0) is 37.1. The van der Waals surface area contributed by atoms with Gasteiger partial charge in [0.15, 0.2) is 16.6 Å². The maximum Gasteiger partial charge on any atom is 0.410 e. The van der Waals surface area contributed by atoms with Crippen LogP contribution in [-0.2, 0) is 33.3 Å². The number of aliphatic hydroxyl groups is 1. The molecule has 1 aliphatic rings. The van der Waals surface area contributed by atoms with Crippen LogP contribution in [0.1, 0.15) is 72.2 Å². The monoisotopic (exact) mass is 763 g/mol. The third-order valence-corrected chi connectivity index (χ3v) is 15.3. The van der Waals surface area contributed by atoms with Crippen molar-refractivity contribution in [3.8, 4) is 0 Å². The molecule has 0 spiro atoms. The lowest BCUT2D eigenvalue weighted by atomic mass is 9.94. The van der Waals surface area contributed by atoms with Gasteiger partial charge in [-0.25, -0.2) is 9.78 Å². The Kier molecular flexibility index (Phi) is 13.4. The number of carbonyl (C=O) groups excluding carboxylic acids is 1. The van der Waals surface area contributed by atoms with Crippen molar-refractivity contribution in [3.05, 3.63) is 63.9 Å². The van der Waals surface area contributed by atoms with Gasteiger partial charge in [0.25, 0.3) is 0 Å². The number of aliphatic hydroxyl groups excluding tert-OH is 1. The van der Waals surface area contributed by atoms with Crippen LogP contribution in [-0.4, -0.2) is 67.1 Å². The molecule has 278 valence electrons. The van der Waals surface area contributed by atoms with Crippen molar-refractivity contribution in [2.24, 2.45) is 10.8 Å². The normalized spacial score (nSPS) is 18.5. The molecule has 2 aromatic carbocycles. The van der Waals surface area contributed by atoms with Crippen molar-refractivity contribution in [2.75, 3.05) is 6.54 Å². The molecule has 0 saturated carbocycles. The van der Waals surface area contributed by atoms with Gasteiger partial charge >= 0.3 is 6.09 Å². The molecule has 3 aromatic rings. The van der Waals surface area contributed by atoms with E-state index in [0.717, 1.165) is 36.0 Å². The fourth-order valence-corrected chi connectivity index (χ4v) is 15.1. The van der Waals surface area contributed by atoms with E-state index in [2.05, 4.69) is 67.7 Å². The van der Waals surface area contributed by atoms with Crippen LogP contribution in [0.5, 0.6) is 0 Å². The second-order valence-electron chi connectivity index (χ2n) is 17.7. The first-order valence-electron chi connectivity index (χ1n) is 17.9. The van der Waals surface area contributed by atoms with E-state index in [0.29, 0.717) is 41.0 Å². The van der Waals surface area contributed by atoms with Gasteiger partial charge in [0.2, 0.25) is 0 Å². The molecule has 8 nitrogen and oxygen atoms in total. The minimum absolute atomic E-state index is 0.114. The minimum atomic E-state index is -2.14. The number of amides is 1. The number of rotatable bonds is 13. The molecule has 1 N–H and O–H groups in total. The van der Waals surface area contributed by atoms with Crippen LogP contribution in [0.2, 0.25) is 48.3 Å². The second-order valence-corrected chi connectivity index (χ2v) is 26.8. The maximum absolute atomic E-state index is 13.7. The second kappa shape index (κ2) is 16.4. The summed E-state index contributed by atoms with van der Waals surface area (Å²) < 4.78 is 21.4. The molecule has 0 radical (unpaired) electrons. The van der Waals surface area contributed by atoms with Gasteiger partial charge in [0, 0.05) is 6.54 Å². The summed E-state index contributed by atoms with van der Waals surface area (Å²) in [5, 5.41) is 12.8. The van der Waals surface area contributed by atoms with Crippen molar-refractivity contribution in [2.45, 2.75) is 137 Å². The molecule has 0 aliphatic carbocycles. The van der Waals surface area contributed by atoms with Crippen molar-refractivity contribution in [1.82, 2.24) is 14.5 Å². The molecule has 2 heterocycles. The van der Waals surface area contributed by atoms with Crippen LogP contribution >= 0.6 is 23.2 Å². The van der Waals surface area contributed by atoms with Crippen molar-refractivity contribution in [3.63, 3.8) is 0 Å². The molecule has 50 heavy (non-hydrogen) atoms. The number of carbonyl (C=O) groups is 1. The largest absolute Gasteiger partial charge is 0.445 e. The molecule has 0 bridgehead atoms. The third-order valence-electron chi connectivity index (χ3n) is 8.91. The molecule has 1 aromatic heterocycles. The number of aromatic nitrogens is 2. The number of halogens is 2. The molecule has 3 atom stereocenters. The van der Waals surface area contributed by atoms with E-state index in [1.54, 1.807) is 17.0 Å². The first-order chi connectivity index (χ1) is 23.1. The quantitative estimate of drug-likeness (QED) is 0.175. The molecule has 4 rings (SSSR count). The number of ether oxygens (including phenoxy) is 1. The SMILES string of the molecule is CC(C)(C)C[Si](C)(C)OCc1nc2cc(Cl)c(Cl)cc2n1CC(O)C[C@@H]1[C@@H](O[Si](C)(C)CC(C)(C)C)CCCN1C(=O)OCc1ccccc1. The van der Waals surface area contributed by atoms with E-state index in [9.17, 15) is 9.90 Å². The van der Waals surface area contributed by atoms with Crippen LogP contribution < -0.4 is 0 Å². The molecule has 1 unspecified atom stereocenters. The summed E-state index contributed by atoms with van der Waals surface area (Å²) >= 11 is 12.9. The molecule has 1 aliphatic heterocycles. The van der Waals surface area contributed by atoms with E-state index >= 15 is 0 Å². The molecule has 1 amide bonds. The van der Waals surface area contributed by atoms with Gasteiger partial charge in [-0.15, -0.1) is 0 Å². The topological polar surface area (TPSA) is 86.1 Å². The molecule has 12 heteroatoms. The average Bonchev–Trinajstić information content (AvgIpc) is 3.29. The Morgan fingerprint density at radius 2 is 1.58 bits per heavy atom. The summed E-state index contributed by atoms with van der Waals surface area (Å²) in [5.41, 5.74) is 2.66. The highest BCUT2D eigenvalue weighted by molar-refractivity contribution is 6.71. The standard InChI is InChI=1S/C38H59Cl2N3O5Si2/c1-37(2,3)25-49(7,8)47-24-35-41-31-20-29(39)30(40)21-32(31)43(35)22-28(44)19-33-34(48-50(9,10)26-38(4,5)6)17-14-18-42(33)36(45)46-23-27-15-12-11-13-16-27/h11-13,15-16,20-21,28,33-34,44H,14,17-19,22-26H2,1-10H3/t28?,33-,34+/m1/s1. The first-order valence-corrected chi connectivity index (χ1v) is 24.9. The minimum Gasteiger partial charge on any atom is -0.445 e. The number of likely N-dealkylation sites (tertiary alicyclic amines) is 1. The number of hydrogen-bond acceptors (Lipinski definition) is 6. The highest BCUT2D eigenvalue weighted by atomic mass is 35.5. The van der Waals surface area contributed by atoms with E-state index in [1.807, 2.05) is 34.9 Å². The van der Waals surface area contributed by atoms with Crippen LogP contribution in [0.3, 0.4) is 0 Å². The Hall–Kier alpha value is -1.93. The number of imidazole rings is 1. The van der Waals surface area contributed by atoms with Crippen LogP contribution in [0, 0.1) is 10.8 Å². The maximum atomic E-state index is 13.7. The predicted molar refractivity (Wildman–Crippen MR) is 210 cm³/mol. The summed E-state index contributed by atoms with van der Waals surface area (Å²) in [4.78, 5) is 20.4. The fraction of sp³-hybridized carbons (Fsp3) is 0.632. The van der Waals surface area contributed by atoms with Gasteiger partial charge < -0.3 is 28.2 Å².